The number of amides is 1. The summed E-state index contributed by atoms with van der Waals surface area (Å²) in [4.78, 5) is 36.0. The number of aryl methyl sites for hydroxylation is 1. The minimum absolute atomic E-state index is 0.138. The predicted octanol–water partition coefficient (Wildman–Crippen LogP) is 5.79. The van der Waals surface area contributed by atoms with Crippen LogP contribution in [0.3, 0.4) is 0 Å². The molecular weight excluding hydrogens is 464 g/mol. The van der Waals surface area contributed by atoms with E-state index in [4.69, 9.17) is 0 Å². The molecule has 2 heterocycles. The largest absolute Gasteiger partial charge is 0.298 e. The number of benzene rings is 3. The first-order valence-corrected chi connectivity index (χ1v) is 12.6. The van der Waals surface area contributed by atoms with Gasteiger partial charge in [-0.15, -0.1) is 23.1 Å². The number of carbonyl (C=O) groups excluding carboxylic acids is 1. The summed E-state index contributed by atoms with van der Waals surface area (Å²) in [5.74, 6) is 0.327. The molecule has 0 radical (unpaired) electrons. The molecule has 1 amide bonds. The fourth-order valence-corrected chi connectivity index (χ4v) is 4.83. The molecule has 0 aliphatic rings. The van der Waals surface area contributed by atoms with E-state index in [0.29, 0.717) is 33.1 Å². The number of thioether (sulfide) groups is 1. The maximum atomic E-state index is 13.0. The zero-order chi connectivity index (χ0) is 23.7. The molecule has 5 aromatic rings. The van der Waals surface area contributed by atoms with Gasteiger partial charge in [-0.3, -0.25) is 19.5 Å². The monoisotopic (exact) mass is 484 g/mol. The second-order valence-electron chi connectivity index (χ2n) is 7.58. The van der Waals surface area contributed by atoms with E-state index in [1.807, 2.05) is 42.0 Å². The first-order chi connectivity index (χ1) is 16.5. The van der Waals surface area contributed by atoms with Gasteiger partial charge in [0.1, 0.15) is 5.82 Å². The number of anilines is 1. The highest BCUT2D eigenvalue weighted by molar-refractivity contribution is 7.98. The summed E-state index contributed by atoms with van der Waals surface area (Å²) in [6.45, 7) is 1.79. The smallest absolute Gasteiger partial charge is 0.265 e. The Morgan fingerprint density at radius 2 is 1.71 bits per heavy atom. The fourth-order valence-electron chi connectivity index (χ4n) is 3.70. The number of aromatic nitrogens is 3. The molecular formula is C26H20N4O2S2. The van der Waals surface area contributed by atoms with E-state index in [1.54, 1.807) is 53.6 Å². The Balaban J connectivity index is 1.35. The van der Waals surface area contributed by atoms with Crippen LogP contribution in [0.2, 0.25) is 0 Å². The van der Waals surface area contributed by atoms with Crippen molar-refractivity contribution in [2.45, 2.75) is 11.8 Å². The van der Waals surface area contributed by atoms with E-state index in [2.05, 4.69) is 27.4 Å². The summed E-state index contributed by atoms with van der Waals surface area (Å²) >= 11 is 3.07. The SMILES string of the molecule is CSc1ccc(-c2csc(NC(=O)c3ccc(-n4c(C)nc5ccccc5c4=O)cc3)n2)cc1. The van der Waals surface area contributed by atoms with Crippen LogP contribution in [0.1, 0.15) is 16.2 Å². The molecule has 0 saturated carbocycles. The number of para-hydroxylation sites is 1. The van der Waals surface area contributed by atoms with Gasteiger partial charge in [0.2, 0.25) is 0 Å². The zero-order valence-corrected chi connectivity index (χ0v) is 20.1. The van der Waals surface area contributed by atoms with Gasteiger partial charge in [-0.05, 0) is 61.7 Å². The number of rotatable bonds is 5. The third-order valence-corrected chi connectivity index (χ3v) is 6.94. The normalized spacial score (nSPS) is 11.0. The number of fused-ring (bicyclic) bond motifs is 1. The van der Waals surface area contributed by atoms with Gasteiger partial charge in [0.15, 0.2) is 5.13 Å². The summed E-state index contributed by atoms with van der Waals surface area (Å²) in [6.07, 6.45) is 2.04. The van der Waals surface area contributed by atoms with Gasteiger partial charge in [0.05, 0.1) is 22.3 Å². The Kier molecular flexibility index (Phi) is 6.00. The topological polar surface area (TPSA) is 76.9 Å². The molecule has 168 valence electrons. The third kappa shape index (κ3) is 4.25. The minimum Gasteiger partial charge on any atom is -0.298 e. The highest BCUT2D eigenvalue weighted by Gasteiger charge is 2.13. The van der Waals surface area contributed by atoms with E-state index >= 15 is 0 Å². The first kappa shape index (κ1) is 22.1. The molecule has 0 aliphatic carbocycles. The van der Waals surface area contributed by atoms with E-state index < -0.39 is 0 Å². The molecule has 0 fully saturated rings. The van der Waals surface area contributed by atoms with Crippen molar-refractivity contribution in [1.29, 1.82) is 0 Å². The lowest BCUT2D eigenvalue weighted by atomic mass is 10.2. The second kappa shape index (κ2) is 9.24. The molecule has 8 heteroatoms. The van der Waals surface area contributed by atoms with Crippen LogP contribution in [0.4, 0.5) is 5.13 Å². The maximum absolute atomic E-state index is 13.0. The van der Waals surface area contributed by atoms with Gasteiger partial charge in [-0.2, -0.15) is 0 Å². The lowest BCUT2D eigenvalue weighted by Gasteiger charge is -2.11. The van der Waals surface area contributed by atoms with Crippen molar-refractivity contribution in [3.8, 4) is 16.9 Å². The van der Waals surface area contributed by atoms with Crippen LogP contribution in [-0.4, -0.2) is 26.7 Å². The van der Waals surface area contributed by atoms with Crippen molar-refractivity contribution in [2.24, 2.45) is 0 Å². The second-order valence-corrected chi connectivity index (χ2v) is 9.32. The maximum Gasteiger partial charge on any atom is 0.265 e. The van der Waals surface area contributed by atoms with Crippen LogP contribution in [0.15, 0.2) is 87.9 Å². The van der Waals surface area contributed by atoms with Crippen molar-refractivity contribution in [2.75, 3.05) is 11.6 Å². The number of carbonyl (C=O) groups is 1. The van der Waals surface area contributed by atoms with E-state index in [-0.39, 0.29) is 11.5 Å². The molecule has 1 N–H and O–H groups in total. The number of hydrogen-bond donors (Lipinski definition) is 1. The molecule has 5 rings (SSSR count). The standard InChI is InChI=1S/C26H20N4O2S2/c1-16-27-22-6-4-3-5-21(22)25(32)30(16)19-11-7-18(8-12-19)24(31)29-26-28-23(15-34-26)17-9-13-20(33-2)14-10-17/h3-15H,1-2H3,(H,28,29,31). The summed E-state index contributed by atoms with van der Waals surface area (Å²) in [5, 5.41) is 5.87. The van der Waals surface area contributed by atoms with E-state index in [0.717, 1.165) is 11.3 Å². The van der Waals surface area contributed by atoms with Crippen LogP contribution in [0.5, 0.6) is 0 Å². The Hall–Kier alpha value is -3.75. The first-order valence-electron chi connectivity index (χ1n) is 10.5. The Labute approximate surface area is 204 Å². The molecule has 0 unspecified atom stereocenters. The summed E-state index contributed by atoms with van der Waals surface area (Å²) in [5.41, 5.74) is 3.49. The molecule has 6 nitrogen and oxygen atoms in total. The van der Waals surface area contributed by atoms with Crippen LogP contribution in [0.25, 0.3) is 27.8 Å². The van der Waals surface area contributed by atoms with E-state index in [9.17, 15) is 9.59 Å². The van der Waals surface area contributed by atoms with Gasteiger partial charge in [0.25, 0.3) is 11.5 Å². The highest BCUT2D eigenvalue weighted by Crippen LogP contribution is 2.27. The number of nitrogens with zero attached hydrogens (tertiary/aromatic N) is 3. The van der Waals surface area contributed by atoms with Crippen molar-refractivity contribution < 1.29 is 4.79 Å². The summed E-state index contributed by atoms with van der Waals surface area (Å²) in [7, 11) is 0. The van der Waals surface area contributed by atoms with Gasteiger partial charge in [-0.25, -0.2) is 9.97 Å². The number of thiazole rings is 1. The molecule has 2 aromatic heterocycles. The predicted molar refractivity (Wildman–Crippen MR) is 139 cm³/mol. The van der Waals surface area contributed by atoms with Crippen LogP contribution >= 0.6 is 23.1 Å². The quantitative estimate of drug-likeness (QED) is 0.320. The van der Waals surface area contributed by atoms with Gasteiger partial charge >= 0.3 is 0 Å². The highest BCUT2D eigenvalue weighted by atomic mass is 32.2. The molecule has 0 bridgehead atoms. The third-order valence-electron chi connectivity index (χ3n) is 5.44. The molecule has 0 aliphatic heterocycles. The summed E-state index contributed by atoms with van der Waals surface area (Å²) in [6, 6.07) is 22.3. The minimum atomic E-state index is -0.258. The molecule has 0 atom stereocenters. The lowest BCUT2D eigenvalue weighted by Crippen LogP contribution is -2.22. The number of hydrogen-bond acceptors (Lipinski definition) is 6. The van der Waals surface area contributed by atoms with Crippen molar-refractivity contribution in [1.82, 2.24) is 14.5 Å². The molecule has 34 heavy (non-hydrogen) atoms. The van der Waals surface area contributed by atoms with Crippen LogP contribution in [-0.2, 0) is 0 Å². The van der Waals surface area contributed by atoms with Crippen LogP contribution in [0, 0.1) is 6.92 Å². The van der Waals surface area contributed by atoms with Gasteiger partial charge < -0.3 is 0 Å². The Morgan fingerprint density at radius 1 is 0.971 bits per heavy atom. The zero-order valence-electron chi connectivity index (χ0n) is 18.5. The average molecular weight is 485 g/mol. The fraction of sp³-hybridized carbons (Fsp3) is 0.0769. The average Bonchev–Trinajstić information content (AvgIpc) is 3.33. The number of nitrogens with one attached hydrogen (secondary N) is 1. The Morgan fingerprint density at radius 3 is 2.44 bits per heavy atom. The molecule has 0 spiro atoms. The van der Waals surface area contributed by atoms with E-state index in [1.165, 1.54) is 16.2 Å². The van der Waals surface area contributed by atoms with Crippen molar-refractivity contribution in [3.05, 3.63) is 99.9 Å². The lowest BCUT2D eigenvalue weighted by molar-refractivity contribution is 0.102. The van der Waals surface area contributed by atoms with Gasteiger partial charge in [0, 0.05) is 21.4 Å². The van der Waals surface area contributed by atoms with Crippen molar-refractivity contribution >= 4 is 45.0 Å². The Bertz CT molecular complexity index is 1560. The summed E-state index contributed by atoms with van der Waals surface area (Å²) < 4.78 is 1.56. The molecule has 3 aromatic carbocycles. The van der Waals surface area contributed by atoms with Crippen LogP contribution < -0.4 is 10.9 Å². The molecule has 0 saturated heterocycles. The van der Waals surface area contributed by atoms with Crippen molar-refractivity contribution in [3.63, 3.8) is 0 Å². The van der Waals surface area contributed by atoms with Gasteiger partial charge in [-0.1, -0.05) is 24.3 Å².